The normalized spacial score (nSPS) is 14.4. The van der Waals surface area contributed by atoms with Gasteiger partial charge in [-0.3, -0.25) is 4.79 Å². The average Bonchev–Trinajstić information content (AvgIpc) is 2.81. The molecular weight excluding hydrogens is 532 g/mol. The molecule has 11 heteroatoms. The number of rotatable bonds is 5. The fourth-order valence-corrected chi connectivity index (χ4v) is 6.30. The van der Waals surface area contributed by atoms with E-state index in [1.54, 1.807) is 38.1 Å². The monoisotopic (exact) mass is 554 g/mol. The highest BCUT2D eigenvalue weighted by Gasteiger charge is 2.34. The molecular formula is C26H23ClF4N2O3S. The molecule has 5 nitrogen and oxygen atoms in total. The third-order valence-electron chi connectivity index (χ3n) is 6.38. The van der Waals surface area contributed by atoms with Gasteiger partial charge in [-0.25, -0.2) is 12.8 Å². The van der Waals surface area contributed by atoms with Crippen molar-refractivity contribution in [1.29, 1.82) is 0 Å². The fraction of sp³-hybridized carbons (Fsp3) is 0.269. The van der Waals surface area contributed by atoms with Gasteiger partial charge in [-0.2, -0.15) is 17.5 Å². The Morgan fingerprint density at radius 2 is 1.84 bits per heavy atom. The Hall–Kier alpha value is -2.95. The Morgan fingerprint density at radius 3 is 2.51 bits per heavy atom. The Labute approximate surface area is 217 Å². The molecule has 4 rings (SSSR count). The summed E-state index contributed by atoms with van der Waals surface area (Å²) >= 11 is 6.13. The minimum atomic E-state index is -4.82. The van der Waals surface area contributed by atoms with Gasteiger partial charge in [0, 0.05) is 23.8 Å². The summed E-state index contributed by atoms with van der Waals surface area (Å²) in [5.74, 6) is -1.97. The maximum absolute atomic E-state index is 13.9. The number of sulfonamides is 1. The van der Waals surface area contributed by atoms with Crippen molar-refractivity contribution in [2.45, 2.75) is 44.3 Å². The Balaban J connectivity index is 1.54. The number of fused-ring (bicyclic) bond motifs is 1. The van der Waals surface area contributed by atoms with Gasteiger partial charge in [0.15, 0.2) is 0 Å². The molecule has 37 heavy (non-hydrogen) atoms. The summed E-state index contributed by atoms with van der Waals surface area (Å²) in [4.78, 5) is 12.8. The molecule has 0 saturated heterocycles. The number of alkyl halides is 3. The van der Waals surface area contributed by atoms with Crippen LogP contribution in [0.25, 0.3) is 0 Å². The van der Waals surface area contributed by atoms with Crippen molar-refractivity contribution in [1.82, 2.24) is 4.31 Å². The number of nitrogens with one attached hydrogen (secondary N) is 1. The molecule has 0 atom stereocenters. The van der Waals surface area contributed by atoms with Crippen LogP contribution < -0.4 is 5.32 Å². The molecule has 1 amide bonds. The smallest absolute Gasteiger partial charge is 0.325 e. The number of anilines is 1. The van der Waals surface area contributed by atoms with E-state index in [2.05, 4.69) is 5.32 Å². The molecule has 1 N–H and O–H groups in total. The molecule has 1 aliphatic heterocycles. The SMILES string of the molecule is Cc1ccc2c(c1NC(=O)Cc1ccc(C(F)(F)F)c(F)c1)CCN(S(=O)(=O)c1cccc(Cl)c1C)C2. The van der Waals surface area contributed by atoms with Gasteiger partial charge >= 0.3 is 6.18 Å². The number of carbonyl (C=O) groups is 1. The molecule has 0 saturated carbocycles. The lowest BCUT2D eigenvalue weighted by molar-refractivity contribution is -0.140. The number of hydrogen-bond acceptors (Lipinski definition) is 3. The Bertz CT molecular complexity index is 1490. The van der Waals surface area contributed by atoms with Crippen LogP contribution >= 0.6 is 11.6 Å². The van der Waals surface area contributed by atoms with Gasteiger partial charge in [0.2, 0.25) is 15.9 Å². The highest BCUT2D eigenvalue weighted by Crippen LogP contribution is 2.34. The summed E-state index contributed by atoms with van der Waals surface area (Å²) in [6.07, 6.45) is -4.81. The van der Waals surface area contributed by atoms with E-state index in [1.807, 2.05) is 0 Å². The number of hydrogen-bond donors (Lipinski definition) is 1. The lowest BCUT2D eigenvalue weighted by Crippen LogP contribution is -2.36. The second kappa shape index (κ2) is 10.1. The highest BCUT2D eigenvalue weighted by atomic mass is 35.5. The summed E-state index contributed by atoms with van der Waals surface area (Å²) in [5, 5.41) is 3.14. The predicted octanol–water partition coefficient (Wildman–Crippen LogP) is 6.04. The maximum Gasteiger partial charge on any atom is 0.419 e. The zero-order valence-corrected chi connectivity index (χ0v) is 21.5. The first-order valence-electron chi connectivity index (χ1n) is 11.3. The Kier molecular flexibility index (Phi) is 7.38. The molecule has 0 aromatic heterocycles. The van der Waals surface area contributed by atoms with E-state index in [4.69, 9.17) is 11.6 Å². The minimum Gasteiger partial charge on any atom is -0.325 e. The molecule has 0 aliphatic carbocycles. The zero-order chi connectivity index (χ0) is 27.1. The molecule has 1 aliphatic rings. The molecule has 1 heterocycles. The third kappa shape index (κ3) is 5.51. The van der Waals surface area contributed by atoms with E-state index in [9.17, 15) is 30.8 Å². The topological polar surface area (TPSA) is 66.5 Å². The first-order valence-corrected chi connectivity index (χ1v) is 13.1. The number of halogens is 5. The standard InChI is InChI=1S/C26H23ClF4N2O3S/c1-15-6-8-18-14-33(37(35,36)23-5-3-4-21(27)16(23)2)11-10-19(18)25(15)32-24(34)13-17-7-9-20(22(28)12-17)26(29,30)31/h3-9,12H,10-11,13-14H2,1-2H3,(H,32,34). The predicted molar refractivity (Wildman–Crippen MR) is 132 cm³/mol. The zero-order valence-electron chi connectivity index (χ0n) is 19.9. The number of amides is 1. The van der Waals surface area contributed by atoms with Crippen LogP contribution in [0.5, 0.6) is 0 Å². The van der Waals surface area contributed by atoms with Crippen molar-refractivity contribution in [3.63, 3.8) is 0 Å². The summed E-state index contributed by atoms with van der Waals surface area (Å²) < 4.78 is 80.3. The van der Waals surface area contributed by atoms with E-state index in [0.717, 1.165) is 22.8 Å². The highest BCUT2D eigenvalue weighted by molar-refractivity contribution is 7.89. The summed E-state index contributed by atoms with van der Waals surface area (Å²) in [7, 11) is -3.82. The van der Waals surface area contributed by atoms with Crippen molar-refractivity contribution in [3.8, 4) is 0 Å². The number of aryl methyl sites for hydroxylation is 1. The molecule has 0 radical (unpaired) electrons. The van der Waals surface area contributed by atoms with E-state index in [1.165, 1.54) is 10.4 Å². The lowest BCUT2D eigenvalue weighted by Gasteiger charge is -2.30. The van der Waals surface area contributed by atoms with Crippen LogP contribution in [0.2, 0.25) is 5.02 Å². The molecule has 0 fully saturated rings. The van der Waals surface area contributed by atoms with Crippen LogP contribution in [0, 0.1) is 19.7 Å². The summed E-state index contributed by atoms with van der Waals surface area (Å²) in [6.45, 7) is 3.70. The van der Waals surface area contributed by atoms with E-state index >= 15 is 0 Å². The quantitative estimate of drug-likeness (QED) is 0.391. The van der Waals surface area contributed by atoms with Gasteiger partial charge in [0.1, 0.15) is 5.82 Å². The molecule has 3 aromatic rings. The Morgan fingerprint density at radius 1 is 1.11 bits per heavy atom. The van der Waals surface area contributed by atoms with Gasteiger partial charge in [-0.1, -0.05) is 35.9 Å². The lowest BCUT2D eigenvalue weighted by atomic mass is 9.95. The second-order valence-corrected chi connectivity index (χ2v) is 11.2. The van der Waals surface area contributed by atoms with Crippen LogP contribution in [0.3, 0.4) is 0 Å². The van der Waals surface area contributed by atoms with Gasteiger partial charge in [0.05, 0.1) is 16.9 Å². The van der Waals surface area contributed by atoms with Crippen LogP contribution in [-0.2, 0) is 40.4 Å². The third-order valence-corrected chi connectivity index (χ3v) is 8.78. The summed E-state index contributed by atoms with van der Waals surface area (Å²) in [5.41, 5.74) is 1.93. The molecule has 0 unspecified atom stereocenters. The molecule has 0 spiro atoms. The average molecular weight is 555 g/mol. The largest absolute Gasteiger partial charge is 0.419 e. The minimum absolute atomic E-state index is 0.0941. The van der Waals surface area contributed by atoms with Crippen molar-refractivity contribution in [3.05, 3.63) is 92.8 Å². The van der Waals surface area contributed by atoms with Crippen LogP contribution in [-0.4, -0.2) is 25.2 Å². The van der Waals surface area contributed by atoms with Crippen LogP contribution in [0.15, 0.2) is 53.4 Å². The number of benzene rings is 3. The van der Waals surface area contributed by atoms with Crippen molar-refractivity contribution in [2.75, 3.05) is 11.9 Å². The molecule has 3 aromatic carbocycles. The van der Waals surface area contributed by atoms with E-state index in [0.29, 0.717) is 34.8 Å². The number of nitrogens with zero attached hydrogens (tertiary/aromatic N) is 1. The summed E-state index contributed by atoms with van der Waals surface area (Å²) in [6, 6.07) is 10.7. The van der Waals surface area contributed by atoms with E-state index < -0.39 is 33.5 Å². The van der Waals surface area contributed by atoms with Gasteiger partial charge < -0.3 is 5.32 Å². The van der Waals surface area contributed by atoms with Crippen molar-refractivity contribution in [2.24, 2.45) is 0 Å². The first-order chi connectivity index (χ1) is 17.3. The van der Waals surface area contributed by atoms with Gasteiger partial charge in [-0.05, 0) is 72.4 Å². The van der Waals surface area contributed by atoms with Crippen LogP contribution in [0.1, 0.15) is 33.4 Å². The molecule has 0 bridgehead atoms. The maximum atomic E-state index is 13.9. The van der Waals surface area contributed by atoms with Gasteiger partial charge in [-0.15, -0.1) is 0 Å². The fourth-order valence-electron chi connectivity index (χ4n) is 4.40. The van der Waals surface area contributed by atoms with Gasteiger partial charge in [0.25, 0.3) is 0 Å². The van der Waals surface area contributed by atoms with E-state index in [-0.39, 0.29) is 30.0 Å². The first kappa shape index (κ1) is 27.1. The number of carbonyl (C=O) groups excluding carboxylic acids is 1. The van der Waals surface area contributed by atoms with Crippen molar-refractivity contribution < 1.29 is 30.8 Å². The van der Waals surface area contributed by atoms with Crippen molar-refractivity contribution >= 4 is 33.2 Å². The second-order valence-electron chi connectivity index (χ2n) is 8.88. The molecule has 196 valence electrons. The van der Waals surface area contributed by atoms with Crippen LogP contribution in [0.4, 0.5) is 23.2 Å².